The smallest absolute Gasteiger partial charge is 0.266 e. The van der Waals surface area contributed by atoms with Gasteiger partial charge < -0.3 is 9.47 Å². The molecule has 0 unspecified atom stereocenters. The molecule has 5 nitrogen and oxygen atoms in total. The average molecular weight is 380 g/mol. The summed E-state index contributed by atoms with van der Waals surface area (Å²) in [4.78, 5) is 18.8. The first-order valence-electron chi connectivity index (χ1n) is 8.40. The normalized spacial score (nSPS) is 10.3. The third-order valence-electron chi connectivity index (χ3n) is 3.83. The number of benzene rings is 2. The second kappa shape index (κ2) is 9.00. The molecule has 6 heteroatoms. The largest absolute Gasteiger partial charge is 0.497 e. The van der Waals surface area contributed by atoms with Crippen molar-refractivity contribution in [3.63, 3.8) is 0 Å². The fraction of sp³-hybridized carbons (Fsp3) is 0.143. The molecule has 0 aliphatic heterocycles. The Morgan fingerprint density at radius 3 is 2.52 bits per heavy atom. The van der Waals surface area contributed by atoms with Crippen molar-refractivity contribution in [3.8, 4) is 22.8 Å². The van der Waals surface area contributed by atoms with Crippen LogP contribution in [0.3, 0.4) is 0 Å². The van der Waals surface area contributed by atoms with E-state index in [0.29, 0.717) is 17.4 Å². The number of aromatic nitrogens is 1. The number of thiazole rings is 1. The van der Waals surface area contributed by atoms with Crippen LogP contribution in [0.15, 0.2) is 72.6 Å². The number of ether oxygens (including phenoxy) is 2. The number of amides is 1. The Kier molecular flexibility index (Phi) is 6.22. The van der Waals surface area contributed by atoms with Crippen LogP contribution in [0, 0.1) is 0 Å². The minimum absolute atomic E-state index is 0.0829. The lowest BCUT2D eigenvalue weighted by Gasteiger charge is -2.18. The summed E-state index contributed by atoms with van der Waals surface area (Å²) >= 11 is 1.42. The summed E-state index contributed by atoms with van der Waals surface area (Å²) in [6.07, 6.45) is 1.68. The summed E-state index contributed by atoms with van der Waals surface area (Å²) < 4.78 is 10.7. The van der Waals surface area contributed by atoms with E-state index in [1.165, 1.54) is 11.3 Å². The molecule has 0 N–H and O–H groups in total. The Balaban J connectivity index is 1.69. The molecule has 0 bridgehead atoms. The summed E-state index contributed by atoms with van der Waals surface area (Å²) in [5, 5.41) is 2.57. The topological polar surface area (TPSA) is 51.7 Å². The van der Waals surface area contributed by atoms with Gasteiger partial charge in [-0.1, -0.05) is 36.4 Å². The van der Waals surface area contributed by atoms with E-state index in [-0.39, 0.29) is 12.5 Å². The van der Waals surface area contributed by atoms with Crippen LogP contribution in [0.25, 0.3) is 11.3 Å². The summed E-state index contributed by atoms with van der Waals surface area (Å²) in [6, 6.07) is 17.0. The molecule has 0 aliphatic carbocycles. The third kappa shape index (κ3) is 4.74. The first-order chi connectivity index (χ1) is 13.2. The molecule has 1 heterocycles. The fourth-order valence-electron chi connectivity index (χ4n) is 2.44. The first-order valence-corrected chi connectivity index (χ1v) is 9.28. The molecule has 0 aliphatic rings. The van der Waals surface area contributed by atoms with Crippen molar-refractivity contribution in [2.75, 3.05) is 25.2 Å². The molecule has 27 heavy (non-hydrogen) atoms. The number of hydrogen-bond acceptors (Lipinski definition) is 5. The van der Waals surface area contributed by atoms with Crippen molar-refractivity contribution in [3.05, 3.63) is 72.6 Å². The van der Waals surface area contributed by atoms with Gasteiger partial charge in [0.25, 0.3) is 5.91 Å². The average Bonchev–Trinajstić information content (AvgIpc) is 3.21. The maximum Gasteiger partial charge on any atom is 0.266 e. The molecule has 1 aromatic heterocycles. The molecule has 3 aromatic rings. The number of carbonyl (C=O) groups is 1. The quantitative estimate of drug-likeness (QED) is 0.543. The second-order valence-electron chi connectivity index (χ2n) is 5.64. The van der Waals surface area contributed by atoms with Crippen LogP contribution in [-0.2, 0) is 4.79 Å². The van der Waals surface area contributed by atoms with Crippen molar-refractivity contribution in [2.45, 2.75) is 0 Å². The lowest BCUT2D eigenvalue weighted by atomic mass is 10.2. The summed E-state index contributed by atoms with van der Waals surface area (Å²) in [5.41, 5.74) is 1.86. The minimum Gasteiger partial charge on any atom is -0.497 e. The zero-order chi connectivity index (χ0) is 19.1. The van der Waals surface area contributed by atoms with Crippen LogP contribution < -0.4 is 14.4 Å². The van der Waals surface area contributed by atoms with E-state index in [1.54, 1.807) is 42.4 Å². The Morgan fingerprint density at radius 1 is 1.15 bits per heavy atom. The van der Waals surface area contributed by atoms with E-state index in [1.807, 2.05) is 35.7 Å². The molecule has 0 saturated heterocycles. The van der Waals surface area contributed by atoms with E-state index in [4.69, 9.17) is 9.47 Å². The SMILES string of the molecule is C=CCN(C(=O)COc1ccc(OC)cc1)c1nc(-c2ccccc2)cs1. The van der Waals surface area contributed by atoms with Gasteiger partial charge in [-0.15, -0.1) is 17.9 Å². The highest BCUT2D eigenvalue weighted by atomic mass is 32.1. The molecule has 0 saturated carbocycles. The van der Waals surface area contributed by atoms with Crippen molar-refractivity contribution in [2.24, 2.45) is 0 Å². The van der Waals surface area contributed by atoms with Gasteiger partial charge in [-0.25, -0.2) is 4.98 Å². The van der Waals surface area contributed by atoms with Gasteiger partial charge >= 0.3 is 0 Å². The molecule has 3 rings (SSSR count). The number of rotatable bonds is 8. The van der Waals surface area contributed by atoms with E-state index in [0.717, 1.165) is 17.0 Å². The molecule has 0 fully saturated rings. The monoisotopic (exact) mass is 380 g/mol. The van der Waals surface area contributed by atoms with Gasteiger partial charge in [-0.2, -0.15) is 0 Å². The van der Waals surface area contributed by atoms with E-state index < -0.39 is 0 Å². The van der Waals surface area contributed by atoms with Crippen LogP contribution in [0.1, 0.15) is 0 Å². The fourth-order valence-corrected chi connectivity index (χ4v) is 3.30. The minimum atomic E-state index is -0.181. The number of anilines is 1. The molecular formula is C21H20N2O3S. The highest BCUT2D eigenvalue weighted by Gasteiger charge is 2.19. The number of carbonyl (C=O) groups excluding carboxylic acids is 1. The molecule has 138 valence electrons. The highest BCUT2D eigenvalue weighted by molar-refractivity contribution is 7.14. The van der Waals surface area contributed by atoms with Crippen molar-refractivity contribution in [1.29, 1.82) is 0 Å². The second-order valence-corrected chi connectivity index (χ2v) is 6.48. The van der Waals surface area contributed by atoms with Crippen LogP contribution in [0.2, 0.25) is 0 Å². The van der Waals surface area contributed by atoms with Crippen LogP contribution in [0.5, 0.6) is 11.5 Å². The zero-order valence-electron chi connectivity index (χ0n) is 15.0. The number of methoxy groups -OCH3 is 1. The van der Waals surface area contributed by atoms with Crippen LogP contribution in [0.4, 0.5) is 5.13 Å². The van der Waals surface area contributed by atoms with Crippen molar-refractivity contribution in [1.82, 2.24) is 4.98 Å². The Labute approximate surface area is 162 Å². The first kappa shape index (κ1) is 18.7. The lowest BCUT2D eigenvalue weighted by molar-refractivity contribution is -0.120. The Hall–Kier alpha value is -3.12. The van der Waals surface area contributed by atoms with Gasteiger partial charge in [-0.3, -0.25) is 9.69 Å². The van der Waals surface area contributed by atoms with Gasteiger partial charge in [0.15, 0.2) is 11.7 Å². The Morgan fingerprint density at radius 2 is 1.85 bits per heavy atom. The van der Waals surface area contributed by atoms with E-state index >= 15 is 0 Å². The summed E-state index contributed by atoms with van der Waals surface area (Å²) in [7, 11) is 1.60. The van der Waals surface area contributed by atoms with Gasteiger partial charge in [0.1, 0.15) is 11.5 Å². The number of hydrogen-bond donors (Lipinski definition) is 0. The Bertz CT molecular complexity index is 891. The highest BCUT2D eigenvalue weighted by Crippen LogP contribution is 2.27. The van der Waals surface area contributed by atoms with Gasteiger partial charge in [0, 0.05) is 17.5 Å². The third-order valence-corrected chi connectivity index (χ3v) is 4.69. The summed E-state index contributed by atoms with van der Waals surface area (Å²) in [5.74, 6) is 1.16. The molecule has 1 amide bonds. The molecule has 0 spiro atoms. The van der Waals surface area contributed by atoms with E-state index in [9.17, 15) is 4.79 Å². The van der Waals surface area contributed by atoms with Crippen molar-refractivity contribution >= 4 is 22.4 Å². The maximum atomic E-state index is 12.7. The molecule has 2 aromatic carbocycles. The molecular weight excluding hydrogens is 360 g/mol. The predicted octanol–water partition coefficient (Wildman–Crippen LogP) is 4.42. The molecule has 0 radical (unpaired) electrons. The lowest BCUT2D eigenvalue weighted by Crippen LogP contribution is -2.35. The van der Waals surface area contributed by atoms with Crippen LogP contribution in [-0.4, -0.2) is 31.2 Å². The summed E-state index contributed by atoms with van der Waals surface area (Å²) in [6.45, 7) is 4.02. The van der Waals surface area contributed by atoms with Gasteiger partial charge in [0.2, 0.25) is 0 Å². The van der Waals surface area contributed by atoms with Gasteiger partial charge in [-0.05, 0) is 24.3 Å². The van der Waals surface area contributed by atoms with Crippen LogP contribution >= 0.6 is 11.3 Å². The van der Waals surface area contributed by atoms with Crippen molar-refractivity contribution < 1.29 is 14.3 Å². The maximum absolute atomic E-state index is 12.7. The molecule has 0 atom stereocenters. The van der Waals surface area contributed by atoms with Gasteiger partial charge in [0.05, 0.1) is 12.8 Å². The number of nitrogens with zero attached hydrogens (tertiary/aromatic N) is 2. The standard InChI is InChI=1S/C21H20N2O3S/c1-3-13-23(20(24)14-26-18-11-9-17(25-2)10-12-18)21-22-19(15-27-21)16-7-5-4-6-8-16/h3-12,15H,1,13-14H2,2H3. The predicted molar refractivity (Wildman–Crippen MR) is 109 cm³/mol. The zero-order valence-corrected chi connectivity index (χ0v) is 15.8. The van der Waals surface area contributed by atoms with E-state index in [2.05, 4.69) is 11.6 Å².